The van der Waals surface area contributed by atoms with E-state index in [4.69, 9.17) is 0 Å². The number of nitrogens with zero attached hydrogens (tertiary/aromatic N) is 3. The second kappa shape index (κ2) is 5.63. The monoisotopic (exact) mass is 326 g/mol. The van der Waals surface area contributed by atoms with Gasteiger partial charge in [-0.2, -0.15) is 0 Å². The molecule has 6 heteroatoms. The van der Waals surface area contributed by atoms with Crippen molar-refractivity contribution < 1.29 is 9.90 Å². The molecule has 2 amide bonds. The number of benzene rings is 1. The lowest BCUT2D eigenvalue weighted by Gasteiger charge is -2.35. The molecule has 0 radical (unpaired) electrons. The lowest BCUT2D eigenvalue weighted by Crippen LogP contribution is -2.43. The third-order valence-electron chi connectivity index (χ3n) is 5.39. The Morgan fingerprint density at radius 2 is 2.33 bits per heavy atom. The maximum atomic E-state index is 12.6. The average Bonchev–Trinajstić information content (AvgIpc) is 3.29. The number of hydrogen-bond donors (Lipinski definition) is 2. The normalized spacial score (nSPS) is 26.1. The molecule has 2 bridgehead atoms. The van der Waals surface area contributed by atoms with Crippen LogP contribution in [0.15, 0.2) is 43.0 Å². The molecule has 6 nitrogen and oxygen atoms in total. The molecule has 1 aromatic carbocycles. The van der Waals surface area contributed by atoms with Gasteiger partial charge in [0.05, 0.1) is 19.0 Å². The highest BCUT2D eigenvalue weighted by molar-refractivity contribution is 5.76. The highest BCUT2D eigenvalue weighted by atomic mass is 16.3. The van der Waals surface area contributed by atoms with Crippen LogP contribution < -0.4 is 5.32 Å². The van der Waals surface area contributed by atoms with Crippen molar-refractivity contribution in [3.05, 3.63) is 48.5 Å². The number of urea groups is 1. The highest BCUT2D eigenvalue weighted by Gasteiger charge is 2.56. The summed E-state index contributed by atoms with van der Waals surface area (Å²) in [5.41, 5.74) is 2.04. The van der Waals surface area contributed by atoms with E-state index in [9.17, 15) is 9.90 Å². The van der Waals surface area contributed by atoms with Crippen molar-refractivity contribution in [3.63, 3.8) is 0 Å². The van der Waals surface area contributed by atoms with Gasteiger partial charge in [-0.15, -0.1) is 0 Å². The van der Waals surface area contributed by atoms with Crippen LogP contribution in [0.1, 0.15) is 31.4 Å². The van der Waals surface area contributed by atoms with Gasteiger partial charge in [0.1, 0.15) is 0 Å². The number of amides is 2. The molecular formula is C18H22N4O2. The van der Waals surface area contributed by atoms with Gasteiger partial charge in [-0.05, 0) is 37.5 Å². The van der Waals surface area contributed by atoms with Crippen molar-refractivity contribution in [2.24, 2.45) is 5.41 Å². The Morgan fingerprint density at radius 1 is 1.50 bits per heavy atom. The van der Waals surface area contributed by atoms with Crippen LogP contribution in [0.2, 0.25) is 0 Å². The number of aliphatic hydroxyl groups excluding tert-OH is 1. The summed E-state index contributed by atoms with van der Waals surface area (Å²) in [5.74, 6) is 0. The lowest BCUT2D eigenvalue weighted by atomic mass is 9.71. The Balaban J connectivity index is 1.44. The summed E-state index contributed by atoms with van der Waals surface area (Å²) in [4.78, 5) is 18.5. The summed E-state index contributed by atoms with van der Waals surface area (Å²) in [5, 5.41) is 12.6. The van der Waals surface area contributed by atoms with Crippen LogP contribution in [-0.4, -0.2) is 44.8 Å². The molecule has 1 saturated carbocycles. The van der Waals surface area contributed by atoms with E-state index in [-0.39, 0.29) is 24.1 Å². The fourth-order valence-electron chi connectivity index (χ4n) is 3.91. The van der Waals surface area contributed by atoms with E-state index >= 15 is 0 Å². The fraction of sp³-hybridized carbons (Fsp3) is 0.444. The average molecular weight is 326 g/mol. The molecule has 0 spiro atoms. The van der Waals surface area contributed by atoms with Crippen LogP contribution in [0.4, 0.5) is 4.79 Å². The molecule has 5 rings (SSSR count). The van der Waals surface area contributed by atoms with Crippen molar-refractivity contribution in [3.8, 4) is 5.69 Å². The topological polar surface area (TPSA) is 70.4 Å². The Morgan fingerprint density at radius 3 is 3.00 bits per heavy atom. The Bertz CT molecular complexity index is 737. The smallest absolute Gasteiger partial charge is 0.318 e. The minimum absolute atomic E-state index is 0.0339. The van der Waals surface area contributed by atoms with Crippen LogP contribution in [0, 0.1) is 5.41 Å². The molecule has 2 saturated heterocycles. The first kappa shape index (κ1) is 15.2. The first-order valence-electron chi connectivity index (χ1n) is 8.36. The second-order valence-electron chi connectivity index (χ2n) is 7.08. The van der Waals surface area contributed by atoms with E-state index in [1.165, 1.54) is 0 Å². The molecule has 3 aliphatic rings. The third-order valence-corrected chi connectivity index (χ3v) is 5.39. The van der Waals surface area contributed by atoms with Crippen molar-refractivity contribution in [2.75, 3.05) is 13.2 Å². The predicted octanol–water partition coefficient (Wildman–Crippen LogP) is 2.10. The SMILES string of the molecule is CC(NC(=O)N1CC2(CO)CC1C2)c1cccc(-n2ccnc2)c1. The molecule has 2 aliphatic heterocycles. The zero-order chi connectivity index (χ0) is 16.7. The van der Waals surface area contributed by atoms with Gasteiger partial charge < -0.3 is 19.9 Å². The Hall–Kier alpha value is -2.34. The van der Waals surface area contributed by atoms with Crippen LogP contribution >= 0.6 is 0 Å². The lowest BCUT2D eigenvalue weighted by molar-refractivity contribution is 0.0847. The second-order valence-corrected chi connectivity index (χ2v) is 7.08. The maximum Gasteiger partial charge on any atom is 0.318 e. The molecule has 3 heterocycles. The third kappa shape index (κ3) is 2.47. The van der Waals surface area contributed by atoms with Crippen molar-refractivity contribution >= 4 is 6.03 Å². The predicted molar refractivity (Wildman–Crippen MR) is 89.8 cm³/mol. The fourth-order valence-corrected chi connectivity index (χ4v) is 3.91. The van der Waals surface area contributed by atoms with Crippen LogP contribution in [0.25, 0.3) is 5.69 Å². The molecule has 3 fully saturated rings. The minimum Gasteiger partial charge on any atom is -0.396 e. The molecule has 2 aromatic rings. The molecule has 1 unspecified atom stereocenters. The summed E-state index contributed by atoms with van der Waals surface area (Å²) >= 11 is 0. The van der Waals surface area contributed by atoms with Gasteiger partial charge in [-0.3, -0.25) is 0 Å². The zero-order valence-corrected chi connectivity index (χ0v) is 13.7. The Labute approximate surface area is 141 Å². The van der Waals surface area contributed by atoms with Crippen molar-refractivity contribution in [1.29, 1.82) is 0 Å². The van der Waals surface area contributed by atoms with Gasteiger partial charge >= 0.3 is 6.03 Å². The number of carbonyl (C=O) groups excluding carboxylic acids is 1. The van der Waals surface area contributed by atoms with Gasteiger partial charge in [-0.1, -0.05) is 12.1 Å². The standard InChI is InChI=1S/C18H22N4O2/c1-13(14-3-2-4-15(7-14)21-6-5-19-12-21)20-17(24)22-10-18(11-23)8-16(22)9-18/h2-7,12-13,16,23H,8-11H2,1H3,(H,20,24). The molecule has 1 aliphatic carbocycles. The van der Waals surface area contributed by atoms with Gasteiger partial charge in [0.15, 0.2) is 0 Å². The summed E-state index contributed by atoms with van der Waals surface area (Å²) in [6.45, 7) is 2.84. The first-order chi connectivity index (χ1) is 11.6. The molecule has 126 valence electrons. The van der Waals surface area contributed by atoms with Gasteiger partial charge in [0.2, 0.25) is 0 Å². The number of nitrogens with one attached hydrogen (secondary N) is 1. The minimum atomic E-state index is -0.0798. The molecule has 1 aromatic heterocycles. The number of carbonyl (C=O) groups is 1. The van der Waals surface area contributed by atoms with Crippen molar-refractivity contribution in [1.82, 2.24) is 19.8 Å². The van der Waals surface area contributed by atoms with Crippen molar-refractivity contribution in [2.45, 2.75) is 31.8 Å². The van der Waals surface area contributed by atoms with E-state index in [0.717, 1.165) is 24.1 Å². The largest absolute Gasteiger partial charge is 0.396 e. The zero-order valence-electron chi connectivity index (χ0n) is 13.7. The maximum absolute atomic E-state index is 12.6. The number of aromatic nitrogens is 2. The van der Waals surface area contributed by atoms with Crippen LogP contribution in [0.5, 0.6) is 0 Å². The molecule has 24 heavy (non-hydrogen) atoms. The van der Waals surface area contributed by atoms with Gasteiger partial charge in [0, 0.05) is 36.1 Å². The Kier molecular flexibility index (Phi) is 3.57. The van der Waals surface area contributed by atoms with E-state index in [1.807, 2.05) is 40.8 Å². The summed E-state index contributed by atoms with van der Waals surface area (Å²) < 4.78 is 1.94. The first-order valence-corrected chi connectivity index (χ1v) is 8.36. The highest BCUT2D eigenvalue weighted by Crippen LogP contribution is 2.51. The molecule has 2 N–H and O–H groups in total. The molecule has 1 atom stereocenters. The summed E-state index contributed by atoms with van der Waals surface area (Å²) in [6.07, 6.45) is 7.26. The van der Waals surface area contributed by atoms with E-state index in [2.05, 4.69) is 16.4 Å². The number of aliphatic hydroxyl groups is 1. The van der Waals surface area contributed by atoms with E-state index < -0.39 is 0 Å². The van der Waals surface area contributed by atoms with Gasteiger partial charge in [0.25, 0.3) is 0 Å². The summed E-state index contributed by atoms with van der Waals surface area (Å²) in [6, 6.07) is 8.26. The number of rotatable bonds is 4. The van der Waals surface area contributed by atoms with Crippen LogP contribution in [-0.2, 0) is 0 Å². The van der Waals surface area contributed by atoms with Crippen LogP contribution in [0.3, 0.4) is 0 Å². The number of fused-ring (bicyclic) bond motifs is 1. The number of imidazole rings is 1. The number of hydrogen-bond acceptors (Lipinski definition) is 3. The quantitative estimate of drug-likeness (QED) is 0.904. The van der Waals surface area contributed by atoms with Gasteiger partial charge in [-0.25, -0.2) is 9.78 Å². The molecular weight excluding hydrogens is 304 g/mol. The summed E-state index contributed by atoms with van der Waals surface area (Å²) in [7, 11) is 0. The van der Waals surface area contributed by atoms with E-state index in [1.54, 1.807) is 12.5 Å². The van der Waals surface area contributed by atoms with E-state index in [0.29, 0.717) is 12.6 Å².